The highest BCUT2D eigenvalue weighted by Crippen LogP contribution is 2.27. The van der Waals surface area contributed by atoms with Gasteiger partial charge < -0.3 is 4.74 Å². The summed E-state index contributed by atoms with van der Waals surface area (Å²) in [5.74, 6) is 0.356. The van der Waals surface area contributed by atoms with Gasteiger partial charge in [-0.2, -0.15) is 5.26 Å². The first-order valence-corrected chi connectivity index (χ1v) is 9.44. The van der Waals surface area contributed by atoms with Gasteiger partial charge in [-0.05, 0) is 29.8 Å². The van der Waals surface area contributed by atoms with Gasteiger partial charge in [-0.3, -0.25) is 0 Å². The van der Waals surface area contributed by atoms with E-state index in [1.165, 1.54) is 0 Å². The molecule has 0 atom stereocenters. The zero-order chi connectivity index (χ0) is 17.5. The van der Waals surface area contributed by atoms with Crippen LogP contribution in [0.4, 0.5) is 0 Å². The summed E-state index contributed by atoms with van der Waals surface area (Å²) in [5, 5.41) is 10.8. The smallest absolute Gasteiger partial charge is 0.339 e. The van der Waals surface area contributed by atoms with Gasteiger partial charge in [-0.15, -0.1) is 23.1 Å². The SMILES string of the molecule is N#Cc1ccc(COC(=O)c2ccccc2SCc2cscn2)cc1. The van der Waals surface area contributed by atoms with E-state index in [0.717, 1.165) is 16.2 Å². The molecule has 0 saturated heterocycles. The first kappa shape index (κ1) is 17.2. The second kappa shape index (κ2) is 8.47. The van der Waals surface area contributed by atoms with Crippen LogP contribution in [-0.4, -0.2) is 11.0 Å². The summed E-state index contributed by atoms with van der Waals surface area (Å²) in [6, 6.07) is 16.5. The summed E-state index contributed by atoms with van der Waals surface area (Å²) in [4.78, 5) is 17.6. The molecule has 0 unspecified atom stereocenters. The number of thiazole rings is 1. The Balaban J connectivity index is 1.64. The Kier molecular flexibility index (Phi) is 5.83. The first-order valence-electron chi connectivity index (χ1n) is 7.51. The minimum Gasteiger partial charge on any atom is -0.457 e. The molecule has 4 nitrogen and oxygen atoms in total. The monoisotopic (exact) mass is 366 g/mol. The molecule has 0 N–H and O–H groups in total. The average molecular weight is 366 g/mol. The molecule has 3 rings (SSSR count). The summed E-state index contributed by atoms with van der Waals surface area (Å²) in [5.41, 5.74) is 4.78. The van der Waals surface area contributed by atoms with Gasteiger partial charge in [-0.1, -0.05) is 24.3 Å². The molecule has 0 aliphatic heterocycles. The Morgan fingerprint density at radius 1 is 1.20 bits per heavy atom. The quantitative estimate of drug-likeness (QED) is 0.469. The molecule has 0 bridgehead atoms. The Hall–Kier alpha value is -2.62. The Morgan fingerprint density at radius 2 is 2.00 bits per heavy atom. The van der Waals surface area contributed by atoms with E-state index in [9.17, 15) is 4.79 Å². The maximum Gasteiger partial charge on any atom is 0.339 e. The fourth-order valence-corrected chi connectivity index (χ4v) is 3.73. The van der Waals surface area contributed by atoms with Crippen LogP contribution in [0.2, 0.25) is 0 Å². The second-order valence-electron chi connectivity index (χ2n) is 5.15. The highest BCUT2D eigenvalue weighted by Gasteiger charge is 2.13. The van der Waals surface area contributed by atoms with Gasteiger partial charge in [0.2, 0.25) is 0 Å². The Labute approximate surface area is 154 Å². The number of benzene rings is 2. The third-order valence-corrected chi connectivity index (χ3v) is 5.16. The van der Waals surface area contributed by atoms with Crippen LogP contribution in [0, 0.1) is 11.3 Å². The van der Waals surface area contributed by atoms with Crippen LogP contribution in [0.25, 0.3) is 0 Å². The maximum absolute atomic E-state index is 12.4. The van der Waals surface area contributed by atoms with Crippen molar-refractivity contribution in [3.8, 4) is 6.07 Å². The number of hydrogen-bond donors (Lipinski definition) is 0. The lowest BCUT2D eigenvalue weighted by atomic mass is 10.1. The number of ether oxygens (including phenoxy) is 1. The largest absolute Gasteiger partial charge is 0.457 e. The molecular formula is C19H14N2O2S2. The van der Waals surface area contributed by atoms with Crippen molar-refractivity contribution < 1.29 is 9.53 Å². The number of aromatic nitrogens is 1. The van der Waals surface area contributed by atoms with Crippen molar-refractivity contribution in [2.24, 2.45) is 0 Å². The number of thioether (sulfide) groups is 1. The van der Waals surface area contributed by atoms with Gasteiger partial charge in [0.15, 0.2) is 0 Å². The molecule has 25 heavy (non-hydrogen) atoms. The molecule has 124 valence electrons. The second-order valence-corrected chi connectivity index (χ2v) is 6.89. The molecule has 1 aromatic heterocycles. The van der Waals surface area contributed by atoms with Crippen molar-refractivity contribution >= 4 is 29.1 Å². The number of nitrogens with zero attached hydrogens (tertiary/aromatic N) is 2. The third kappa shape index (κ3) is 4.69. The molecule has 6 heteroatoms. The van der Waals surface area contributed by atoms with Crippen LogP contribution in [0.15, 0.2) is 64.3 Å². The van der Waals surface area contributed by atoms with E-state index in [-0.39, 0.29) is 12.6 Å². The molecule has 3 aromatic rings. The standard InChI is InChI=1S/C19H14N2O2S2/c20-9-14-5-7-15(8-6-14)10-23-19(22)17-3-1-2-4-18(17)25-12-16-11-24-13-21-16/h1-8,11,13H,10,12H2. The predicted octanol–water partition coefficient (Wildman–Crippen LogP) is 4.66. The van der Waals surface area contributed by atoms with Crippen molar-refractivity contribution in [2.75, 3.05) is 0 Å². The molecular weight excluding hydrogens is 352 g/mol. The number of hydrogen-bond acceptors (Lipinski definition) is 6. The van der Waals surface area contributed by atoms with E-state index in [0.29, 0.717) is 16.9 Å². The van der Waals surface area contributed by atoms with Gasteiger partial charge in [0.05, 0.1) is 28.4 Å². The molecule has 0 radical (unpaired) electrons. The minimum absolute atomic E-state index is 0.176. The highest BCUT2D eigenvalue weighted by atomic mass is 32.2. The maximum atomic E-state index is 12.4. The van der Waals surface area contributed by atoms with Gasteiger partial charge in [0.25, 0.3) is 0 Å². The van der Waals surface area contributed by atoms with Crippen molar-refractivity contribution in [1.82, 2.24) is 4.98 Å². The van der Waals surface area contributed by atoms with Gasteiger partial charge in [0.1, 0.15) is 6.61 Å². The van der Waals surface area contributed by atoms with Gasteiger partial charge in [-0.25, -0.2) is 9.78 Å². The minimum atomic E-state index is -0.356. The van der Waals surface area contributed by atoms with Crippen molar-refractivity contribution in [3.05, 3.63) is 81.8 Å². The van der Waals surface area contributed by atoms with Crippen LogP contribution in [0.1, 0.15) is 27.2 Å². The van der Waals surface area contributed by atoms with Gasteiger partial charge in [0, 0.05) is 16.0 Å². The number of carbonyl (C=O) groups is 1. The predicted molar refractivity (Wildman–Crippen MR) is 98.4 cm³/mol. The summed E-state index contributed by atoms with van der Waals surface area (Å²) < 4.78 is 5.42. The lowest BCUT2D eigenvalue weighted by Crippen LogP contribution is -2.06. The topological polar surface area (TPSA) is 63.0 Å². The molecule has 0 spiro atoms. The Morgan fingerprint density at radius 3 is 2.72 bits per heavy atom. The first-order chi connectivity index (χ1) is 12.3. The van der Waals surface area contributed by atoms with Gasteiger partial charge >= 0.3 is 5.97 Å². The van der Waals surface area contributed by atoms with E-state index in [4.69, 9.17) is 10.00 Å². The van der Waals surface area contributed by atoms with Crippen LogP contribution in [-0.2, 0) is 17.1 Å². The number of esters is 1. The molecule has 0 aliphatic carbocycles. The lowest BCUT2D eigenvalue weighted by molar-refractivity contribution is 0.0468. The van der Waals surface area contributed by atoms with E-state index in [1.807, 2.05) is 23.6 Å². The summed E-state index contributed by atoms with van der Waals surface area (Å²) in [6.45, 7) is 0.176. The molecule has 1 heterocycles. The molecule has 0 amide bonds. The molecule has 0 aliphatic rings. The molecule has 0 fully saturated rings. The van der Waals surface area contributed by atoms with Crippen LogP contribution < -0.4 is 0 Å². The number of rotatable bonds is 6. The van der Waals surface area contributed by atoms with Crippen molar-refractivity contribution in [1.29, 1.82) is 5.26 Å². The highest BCUT2D eigenvalue weighted by molar-refractivity contribution is 7.98. The van der Waals surface area contributed by atoms with E-state index in [2.05, 4.69) is 11.1 Å². The summed E-state index contributed by atoms with van der Waals surface area (Å²) in [7, 11) is 0. The Bertz CT molecular complexity index is 885. The van der Waals surface area contributed by atoms with Crippen LogP contribution in [0.5, 0.6) is 0 Å². The normalized spacial score (nSPS) is 10.2. The van der Waals surface area contributed by atoms with E-state index < -0.39 is 0 Å². The lowest BCUT2D eigenvalue weighted by Gasteiger charge is -2.09. The molecule has 2 aromatic carbocycles. The van der Waals surface area contributed by atoms with Crippen LogP contribution >= 0.6 is 23.1 Å². The zero-order valence-corrected chi connectivity index (χ0v) is 14.8. The average Bonchev–Trinajstić information content (AvgIpc) is 3.18. The number of carbonyl (C=O) groups excluding carboxylic acids is 1. The molecule has 0 saturated carbocycles. The van der Waals surface area contributed by atoms with E-state index in [1.54, 1.807) is 58.9 Å². The van der Waals surface area contributed by atoms with Crippen molar-refractivity contribution in [2.45, 2.75) is 17.3 Å². The fraction of sp³-hybridized carbons (Fsp3) is 0.105. The van der Waals surface area contributed by atoms with E-state index >= 15 is 0 Å². The fourth-order valence-electron chi connectivity index (χ4n) is 2.12. The van der Waals surface area contributed by atoms with Crippen LogP contribution in [0.3, 0.4) is 0 Å². The summed E-state index contributed by atoms with van der Waals surface area (Å²) in [6.07, 6.45) is 0. The number of nitriles is 1. The zero-order valence-electron chi connectivity index (χ0n) is 13.2. The van der Waals surface area contributed by atoms with Crippen molar-refractivity contribution in [3.63, 3.8) is 0 Å². The summed E-state index contributed by atoms with van der Waals surface area (Å²) >= 11 is 3.12. The third-order valence-electron chi connectivity index (χ3n) is 3.42.